The predicted molar refractivity (Wildman–Crippen MR) is 75.8 cm³/mol. The summed E-state index contributed by atoms with van der Waals surface area (Å²) in [5.41, 5.74) is -1.01. The average molecular weight is 275 g/mol. The first-order valence-corrected chi connectivity index (χ1v) is 7.33. The molecule has 0 aromatic carbocycles. The van der Waals surface area contributed by atoms with Crippen molar-refractivity contribution in [3.8, 4) is 0 Å². The number of hydrogen-bond donors (Lipinski definition) is 2. The highest BCUT2D eigenvalue weighted by molar-refractivity contribution is 7.99. The number of carbonyl (C=O) groups is 2. The average Bonchev–Trinajstić information content (AvgIpc) is 2.26. The van der Waals surface area contributed by atoms with Gasteiger partial charge in [0.1, 0.15) is 0 Å². The van der Waals surface area contributed by atoms with Crippen molar-refractivity contribution in [2.24, 2.45) is 11.3 Å². The van der Waals surface area contributed by atoms with E-state index in [9.17, 15) is 14.7 Å². The Morgan fingerprint density at radius 3 is 2.11 bits per heavy atom. The highest BCUT2D eigenvalue weighted by Gasteiger charge is 2.38. The number of carboxylic acids is 1. The first kappa shape index (κ1) is 17.3. The predicted octanol–water partition coefficient (Wildman–Crippen LogP) is 2.38. The van der Waals surface area contributed by atoms with E-state index in [0.29, 0.717) is 6.54 Å². The Kier molecular flexibility index (Phi) is 6.20. The van der Waals surface area contributed by atoms with Gasteiger partial charge in [0.25, 0.3) is 0 Å². The van der Waals surface area contributed by atoms with Crippen LogP contribution in [0, 0.1) is 11.3 Å². The van der Waals surface area contributed by atoms with Gasteiger partial charge >= 0.3 is 5.97 Å². The summed E-state index contributed by atoms with van der Waals surface area (Å²) in [5, 5.41) is 12.1. The van der Waals surface area contributed by atoms with Gasteiger partial charge in [0.2, 0.25) is 5.91 Å². The van der Waals surface area contributed by atoms with Gasteiger partial charge in [0.05, 0.1) is 5.41 Å². The highest BCUT2D eigenvalue weighted by atomic mass is 32.2. The number of rotatable bonds is 7. The minimum Gasteiger partial charge on any atom is -0.481 e. The fourth-order valence-electron chi connectivity index (χ4n) is 1.31. The van der Waals surface area contributed by atoms with Crippen molar-refractivity contribution in [1.82, 2.24) is 5.32 Å². The molecule has 0 fully saturated rings. The molecule has 0 radical (unpaired) electrons. The Balaban J connectivity index is 4.51. The van der Waals surface area contributed by atoms with E-state index in [2.05, 4.69) is 5.32 Å². The molecular formula is C13H25NO3S. The minimum absolute atomic E-state index is 0.0183. The van der Waals surface area contributed by atoms with Crippen molar-refractivity contribution in [3.63, 3.8) is 0 Å². The van der Waals surface area contributed by atoms with Crippen LogP contribution in [0.25, 0.3) is 0 Å². The molecule has 1 amide bonds. The first-order valence-electron chi connectivity index (χ1n) is 6.10. The summed E-state index contributed by atoms with van der Waals surface area (Å²) < 4.78 is -0.0346. The Morgan fingerprint density at radius 1 is 1.28 bits per heavy atom. The molecule has 0 spiro atoms. The lowest BCUT2D eigenvalue weighted by molar-refractivity contribution is -0.153. The van der Waals surface area contributed by atoms with E-state index in [-0.39, 0.29) is 23.0 Å². The van der Waals surface area contributed by atoms with Gasteiger partial charge in [-0.25, -0.2) is 0 Å². The normalized spacial score (nSPS) is 15.3. The van der Waals surface area contributed by atoms with Gasteiger partial charge in [0.15, 0.2) is 0 Å². The summed E-state index contributed by atoms with van der Waals surface area (Å²) in [7, 11) is 0. The maximum absolute atomic E-state index is 11.8. The van der Waals surface area contributed by atoms with Gasteiger partial charge in [0, 0.05) is 17.7 Å². The van der Waals surface area contributed by atoms with Crippen LogP contribution in [0.1, 0.15) is 41.0 Å². The van der Waals surface area contributed by atoms with Gasteiger partial charge in [-0.3, -0.25) is 9.59 Å². The summed E-state index contributed by atoms with van der Waals surface area (Å²) >= 11 is 1.67. The standard InChI is InChI=1S/C13H25NO3S/c1-9(2)13(5,11(16)17)7-10(15)14-8-12(3,4)18-6/h9H,7-8H2,1-6H3,(H,14,15)(H,16,17). The van der Waals surface area contributed by atoms with Crippen LogP contribution >= 0.6 is 11.8 Å². The van der Waals surface area contributed by atoms with Gasteiger partial charge in [-0.05, 0) is 32.9 Å². The van der Waals surface area contributed by atoms with Crippen molar-refractivity contribution in [2.75, 3.05) is 12.8 Å². The molecule has 1 unspecified atom stereocenters. The van der Waals surface area contributed by atoms with Crippen LogP contribution < -0.4 is 5.32 Å². The van der Waals surface area contributed by atoms with Crippen LogP contribution in [-0.2, 0) is 9.59 Å². The third-order valence-electron chi connectivity index (χ3n) is 3.55. The highest BCUT2D eigenvalue weighted by Crippen LogP contribution is 2.31. The zero-order valence-electron chi connectivity index (χ0n) is 12.2. The number of aliphatic carboxylic acids is 1. The van der Waals surface area contributed by atoms with Crippen LogP contribution in [0.2, 0.25) is 0 Å². The van der Waals surface area contributed by atoms with E-state index >= 15 is 0 Å². The Morgan fingerprint density at radius 2 is 1.78 bits per heavy atom. The minimum atomic E-state index is -1.01. The topological polar surface area (TPSA) is 66.4 Å². The van der Waals surface area contributed by atoms with Crippen LogP contribution in [0.3, 0.4) is 0 Å². The molecule has 18 heavy (non-hydrogen) atoms. The van der Waals surface area contributed by atoms with E-state index in [1.807, 2.05) is 34.0 Å². The second kappa shape index (κ2) is 6.45. The van der Waals surface area contributed by atoms with Crippen molar-refractivity contribution >= 4 is 23.6 Å². The molecule has 106 valence electrons. The number of carboxylic acid groups (broad SMARTS) is 1. The molecule has 0 saturated heterocycles. The second-order valence-corrected chi connectivity index (χ2v) is 7.31. The van der Waals surface area contributed by atoms with Gasteiger partial charge < -0.3 is 10.4 Å². The van der Waals surface area contributed by atoms with E-state index in [0.717, 1.165) is 0 Å². The molecule has 0 aliphatic rings. The maximum atomic E-state index is 11.8. The van der Waals surface area contributed by atoms with Crippen molar-refractivity contribution in [3.05, 3.63) is 0 Å². The SMILES string of the molecule is CSC(C)(C)CNC(=O)CC(C)(C(=O)O)C(C)C. The van der Waals surface area contributed by atoms with Crippen LogP contribution in [0.4, 0.5) is 0 Å². The lowest BCUT2D eigenvalue weighted by atomic mass is 9.76. The zero-order chi connectivity index (χ0) is 14.6. The molecule has 0 aliphatic heterocycles. The summed E-state index contributed by atoms with van der Waals surface area (Å²) in [6.45, 7) is 9.90. The molecule has 0 aromatic heterocycles. The lowest BCUT2D eigenvalue weighted by Crippen LogP contribution is -2.42. The Labute approximate surface area is 114 Å². The molecule has 2 N–H and O–H groups in total. The second-order valence-electron chi connectivity index (χ2n) is 5.79. The third kappa shape index (κ3) is 4.88. The Bertz CT molecular complexity index is 315. The summed E-state index contributed by atoms with van der Waals surface area (Å²) in [6.07, 6.45) is 2.01. The summed E-state index contributed by atoms with van der Waals surface area (Å²) in [4.78, 5) is 23.1. The van der Waals surface area contributed by atoms with Gasteiger partial charge in [-0.1, -0.05) is 13.8 Å². The van der Waals surface area contributed by atoms with Crippen molar-refractivity contribution in [2.45, 2.75) is 45.8 Å². The number of thioether (sulfide) groups is 1. The molecule has 5 heteroatoms. The van der Waals surface area contributed by atoms with Crippen molar-refractivity contribution < 1.29 is 14.7 Å². The molecule has 0 saturated carbocycles. The molecule has 0 aromatic rings. The number of carbonyl (C=O) groups excluding carboxylic acids is 1. The maximum Gasteiger partial charge on any atom is 0.310 e. The van der Waals surface area contributed by atoms with Crippen molar-refractivity contribution in [1.29, 1.82) is 0 Å². The molecular weight excluding hydrogens is 250 g/mol. The molecule has 0 bridgehead atoms. The number of hydrogen-bond acceptors (Lipinski definition) is 3. The van der Waals surface area contributed by atoms with E-state index < -0.39 is 11.4 Å². The molecule has 4 nitrogen and oxygen atoms in total. The van der Waals surface area contributed by atoms with Gasteiger partial charge in [-0.15, -0.1) is 0 Å². The molecule has 1 atom stereocenters. The lowest BCUT2D eigenvalue weighted by Gasteiger charge is -2.29. The smallest absolute Gasteiger partial charge is 0.310 e. The van der Waals surface area contributed by atoms with Crippen LogP contribution in [-0.4, -0.2) is 34.5 Å². The van der Waals surface area contributed by atoms with Crippen LogP contribution in [0.15, 0.2) is 0 Å². The first-order chi connectivity index (χ1) is 8.05. The monoisotopic (exact) mass is 275 g/mol. The van der Waals surface area contributed by atoms with E-state index in [1.54, 1.807) is 18.7 Å². The van der Waals surface area contributed by atoms with Crippen LogP contribution in [0.5, 0.6) is 0 Å². The van der Waals surface area contributed by atoms with E-state index in [4.69, 9.17) is 0 Å². The molecule has 0 aliphatic carbocycles. The molecule has 0 rings (SSSR count). The number of amides is 1. The summed E-state index contributed by atoms with van der Waals surface area (Å²) in [5.74, 6) is -1.21. The zero-order valence-corrected chi connectivity index (χ0v) is 13.0. The molecule has 0 heterocycles. The third-order valence-corrected chi connectivity index (χ3v) is 4.80. The fraction of sp³-hybridized carbons (Fsp3) is 0.846. The quantitative estimate of drug-likeness (QED) is 0.748. The summed E-state index contributed by atoms with van der Waals surface area (Å²) in [6, 6.07) is 0. The largest absolute Gasteiger partial charge is 0.481 e. The van der Waals surface area contributed by atoms with E-state index in [1.165, 1.54) is 0 Å². The Hall–Kier alpha value is -0.710. The van der Waals surface area contributed by atoms with Gasteiger partial charge in [-0.2, -0.15) is 11.8 Å². The number of nitrogens with one attached hydrogen (secondary N) is 1. The fourth-order valence-corrected chi connectivity index (χ4v) is 1.52.